The highest BCUT2D eigenvalue weighted by Crippen LogP contribution is 2.21. The summed E-state index contributed by atoms with van der Waals surface area (Å²) in [6.45, 7) is 0.270. The van der Waals surface area contributed by atoms with Crippen LogP contribution in [0.15, 0.2) is 52.0 Å². The molecule has 0 saturated heterocycles. The van der Waals surface area contributed by atoms with Crippen molar-refractivity contribution >= 4 is 31.8 Å². The number of sulfonamides is 1. The van der Waals surface area contributed by atoms with Crippen LogP contribution in [0.1, 0.15) is 5.56 Å². The summed E-state index contributed by atoms with van der Waals surface area (Å²) in [5.41, 5.74) is 6.42. The third kappa shape index (κ3) is 3.17. The zero-order valence-electron chi connectivity index (χ0n) is 10.8. The molecule has 0 saturated carbocycles. The average Bonchev–Trinajstić information content (AvgIpc) is 2.41. The Balaban J connectivity index is 2.29. The van der Waals surface area contributed by atoms with Crippen molar-refractivity contribution in [3.8, 4) is 0 Å². The molecule has 0 aliphatic heterocycles. The maximum absolute atomic E-state index is 12.4. The van der Waals surface area contributed by atoms with E-state index < -0.39 is 10.0 Å². The molecular weight excluding hydrogens is 342 g/mol. The Labute approximate surface area is 126 Å². The van der Waals surface area contributed by atoms with E-state index in [-0.39, 0.29) is 17.3 Å². The van der Waals surface area contributed by atoms with Crippen LogP contribution in [0.2, 0.25) is 0 Å². The van der Waals surface area contributed by atoms with Crippen LogP contribution in [0, 0.1) is 0 Å². The number of anilines is 1. The second kappa shape index (κ2) is 5.90. The lowest BCUT2D eigenvalue weighted by Gasteiger charge is -2.18. The lowest BCUT2D eigenvalue weighted by Crippen LogP contribution is -2.26. The topological polar surface area (TPSA) is 76.3 Å². The second-order valence-electron chi connectivity index (χ2n) is 4.27. The molecule has 1 aromatic carbocycles. The summed E-state index contributed by atoms with van der Waals surface area (Å²) in [6, 6.07) is 10.3. The Morgan fingerprint density at radius 1 is 1.30 bits per heavy atom. The van der Waals surface area contributed by atoms with E-state index in [1.54, 1.807) is 0 Å². The van der Waals surface area contributed by atoms with Gasteiger partial charge >= 0.3 is 0 Å². The maximum atomic E-state index is 12.4. The Morgan fingerprint density at radius 2 is 2.00 bits per heavy atom. The van der Waals surface area contributed by atoms with Crippen molar-refractivity contribution in [3.63, 3.8) is 0 Å². The Bertz CT molecular complexity index is 719. The van der Waals surface area contributed by atoms with E-state index in [1.165, 1.54) is 29.7 Å². The Hall–Kier alpha value is -1.44. The highest BCUT2D eigenvalue weighted by molar-refractivity contribution is 9.10. The minimum atomic E-state index is -3.58. The molecule has 0 fully saturated rings. The largest absolute Gasteiger partial charge is 0.384 e. The first-order chi connectivity index (χ1) is 9.41. The first-order valence-electron chi connectivity index (χ1n) is 5.82. The van der Waals surface area contributed by atoms with Crippen LogP contribution < -0.4 is 5.73 Å². The van der Waals surface area contributed by atoms with E-state index >= 15 is 0 Å². The normalized spacial score (nSPS) is 11.8. The van der Waals surface area contributed by atoms with Gasteiger partial charge < -0.3 is 5.73 Å². The minimum absolute atomic E-state index is 0.138. The number of halogens is 1. The molecule has 0 spiro atoms. The number of nitrogen functional groups attached to an aromatic ring is 1. The second-order valence-corrected chi connectivity index (χ2v) is 7.17. The summed E-state index contributed by atoms with van der Waals surface area (Å²) in [6.07, 6.45) is 1.38. The standard InChI is InChI=1S/C13H14BrN3O2S/c1-17(9-10-4-2-3-5-12(10)14)20(18,19)11-6-7-16-13(15)8-11/h2-8H,9H2,1H3,(H2,15,16). The van der Waals surface area contributed by atoms with Gasteiger partial charge in [-0.2, -0.15) is 4.31 Å². The maximum Gasteiger partial charge on any atom is 0.243 e. The molecule has 0 aliphatic carbocycles. The minimum Gasteiger partial charge on any atom is -0.384 e. The number of benzene rings is 1. The average molecular weight is 356 g/mol. The van der Waals surface area contributed by atoms with E-state index in [2.05, 4.69) is 20.9 Å². The van der Waals surface area contributed by atoms with Crippen LogP contribution in [0.4, 0.5) is 5.82 Å². The molecule has 106 valence electrons. The molecule has 7 heteroatoms. The summed E-state index contributed by atoms with van der Waals surface area (Å²) in [7, 11) is -2.05. The number of aromatic nitrogens is 1. The summed E-state index contributed by atoms with van der Waals surface area (Å²) < 4.78 is 27.0. The molecule has 2 rings (SSSR count). The summed E-state index contributed by atoms with van der Waals surface area (Å²) >= 11 is 3.41. The summed E-state index contributed by atoms with van der Waals surface area (Å²) in [5.74, 6) is 0.181. The predicted molar refractivity (Wildman–Crippen MR) is 81.4 cm³/mol. The molecular formula is C13H14BrN3O2S. The molecule has 0 aliphatic rings. The van der Waals surface area contributed by atoms with Gasteiger partial charge in [0.15, 0.2) is 0 Å². The van der Waals surface area contributed by atoms with Crippen LogP contribution in [0.25, 0.3) is 0 Å². The van der Waals surface area contributed by atoms with Crippen LogP contribution in [-0.4, -0.2) is 24.8 Å². The quantitative estimate of drug-likeness (QED) is 0.912. The van der Waals surface area contributed by atoms with Gasteiger partial charge in [0.25, 0.3) is 0 Å². The van der Waals surface area contributed by atoms with Gasteiger partial charge in [0.05, 0.1) is 4.90 Å². The highest BCUT2D eigenvalue weighted by Gasteiger charge is 2.21. The molecule has 0 radical (unpaired) electrons. The first-order valence-corrected chi connectivity index (χ1v) is 8.06. The van der Waals surface area contributed by atoms with Crippen LogP contribution >= 0.6 is 15.9 Å². The lowest BCUT2D eigenvalue weighted by atomic mass is 10.2. The van der Waals surface area contributed by atoms with Gasteiger partial charge in [0.2, 0.25) is 10.0 Å². The van der Waals surface area contributed by atoms with Crippen LogP contribution in [0.3, 0.4) is 0 Å². The molecule has 1 heterocycles. The van der Waals surface area contributed by atoms with Crippen molar-refractivity contribution in [2.45, 2.75) is 11.4 Å². The molecule has 0 unspecified atom stereocenters. The summed E-state index contributed by atoms with van der Waals surface area (Å²) in [4.78, 5) is 3.94. The fourth-order valence-electron chi connectivity index (χ4n) is 1.72. The van der Waals surface area contributed by atoms with E-state index in [0.717, 1.165) is 10.0 Å². The van der Waals surface area contributed by atoms with Crippen molar-refractivity contribution in [1.82, 2.24) is 9.29 Å². The van der Waals surface area contributed by atoms with Crippen molar-refractivity contribution in [2.24, 2.45) is 0 Å². The van der Waals surface area contributed by atoms with Gasteiger partial charge in [-0.15, -0.1) is 0 Å². The third-order valence-electron chi connectivity index (χ3n) is 2.81. The number of nitrogens with zero attached hydrogens (tertiary/aromatic N) is 2. The monoisotopic (exact) mass is 355 g/mol. The fraction of sp³-hybridized carbons (Fsp3) is 0.154. The molecule has 20 heavy (non-hydrogen) atoms. The number of pyridine rings is 1. The number of hydrogen-bond donors (Lipinski definition) is 1. The molecule has 2 aromatic rings. The van der Waals surface area contributed by atoms with Gasteiger partial charge in [0, 0.05) is 30.3 Å². The number of rotatable bonds is 4. The van der Waals surface area contributed by atoms with E-state index in [1.807, 2.05) is 24.3 Å². The van der Waals surface area contributed by atoms with E-state index in [0.29, 0.717) is 0 Å². The molecule has 0 bridgehead atoms. The van der Waals surface area contributed by atoms with Crippen LogP contribution in [-0.2, 0) is 16.6 Å². The zero-order valence-corrected chi connectivity index (χ0v) is 13.2. The van der Waals surface area contributed by atoms with Crippen molar-refractivity contribution < 1.29 is 8.42 Å². The zero-order chi connectivity index (χ0) is 14.8. The van der Waals surface area contributed by atoms with Gasteiger partial charge in [0.1, 0.15) is 5.82 Å². The van der Waals surface area contributed by atoms with Gasteiger partial charge in [-0.3, -0.25) is 0 Å². The van der Waals surface area contributed by atoms with Gasteiger partial charge in [-0.1, -0.05) is 34.1 Å². The fourth-order valence-corrected chi connectivity index (χ4v) is 3.30. The van der Waals surface area contributed by atoms with Crippen molar-refractivity contribution in [1.29, 1.82) is 0 Å². The smallest absolute Gasteiger partial charge is 0.243 e. The summed E-state index contributed by atoms with van der Waals surface area (Å²) in [5, 5.41) is 0. The molecule has 5 nitrogen and oxygen atoms in total. The van der Waals surface area contributed by atoms with E-state index in [9.17, 15) is 8.42 Å². The molecule has 0 amide bonds. The first kappa shape index (κ1) is 15.0. The van der Waals surface area contributed by atoms with Crippen molar-refractivity contribution in [2.75, 3.05) is 12.8 Å². The predicted octanol–water partition coefficient (Wildman–Crippen LogP) is 2.25. The molecule has 1 aromatic heterocycles. The number of nitrogens with two attached hydrogens (primary N) is 1. The SMILES string of the molecule is CN(Cc1ccccc1Br)S(=O)(=O)c1ccnc(N)c1. The van der Waals surface area contributed by atoms with Crippen LogP contribution in [0.5, 0.6) is 0 Å². The third-order valence-corrected chi connectivity index (χ3v) is 5.38. The van der Waals surface area contributed by atoms with E-state index in [4.69, 9.17) is 5.73 Å². The highest BCUT2D eigenvalue weighted by atomic mass is 79.9. The lowest BCUT2D eigenvalue weighted by molar-refractivity contribution is 0.466. The molecule has 0 atom stereocenters. The molecule has 2 N–H and O–H groups in total. The Kier molecular flexibility index (Phi) is 4.42. The van der Waals surface area contributed by atoms with Crippen molar-refractivity contribution in [3.05, 3.63) is 52.6 Å². The van der Waals surface area contributed by atoms with Gasteiger partial charge in [-0.05, 0) is 17.7 Å². The van der Waals surface area contributed by atoms with Gasteiger partial charge in [-0.25, -0.2) is 13.4 Å². The Morgan fingerprint density at radius 3 is 2.65 bits per heavy atom. The number of hydrogen-bond acceptors (Lipinski definition) is 4.